The molecule has 30 heavy (non-hydrogen) atoms. The van der Waals surface area contributed by atoms with Crippen LogP contribution in [0.1, 0.15) is 50.7 Å². The minimum absolute atomic E-state index is 0.490. The molecule has 2 nitrogen and oxygen atoms in total. The van der Waals surface area contributed by atoms with E-state index < -0.39 is 0 Å². The van der Waals surface area contributed by atoms with Crippen LogP contribution in [-0.2, 0) is 7.05 Å². The van der Waals surface area contributed by atoms with Gasteiger partial charge in [0.15, 0.2) is 0 Å². The zero-order valence-corrected chi connectivity index (χ0v) is 18.6. The Morgan fingerprint density at radius 1 is 0.633 bits per heavy atom. The molecule has 0 radical (unpaired) electrons. The molecular formula is C28H30N2. The van der Waals surface area contributed by atoms with E-state index in [9.17, 15) is 0 Å². The maximum absolute atomic E-state index is 4.68. The van der Waals surface area contributed by atoms with E-state index in [1.807, 2.05) is 12.3 Å². The van der Waals surface area contributed by atoms with E-state index in [-0.39, 0.29) is 0 Å². The normalized spacial score (nSPS) is 11.4. The molecule has 1 aromatic heterocycles. The van der Waals surface area contributed by atoms with Crippen LogP contribution in [0.3, 0.4) is 0 Å². The van der Waals surface area contributed by atoms with Crippen molar-refractivity contribution in [3.63, 3.8) is 0 Å². The highest BCUT2D eigenvalue weighted by Gasteiger charge is 2.16. The molecule has 2 heteroatoms. The number of rotatable bonds is 5. The van der Waals surface area contributed by atoms with Gasteiger partial charge in [-0.15, -0.1) is 0 Å². The van der Waals surface area contributed by atoms with Gasteiger partial charge in [-0.2, -0.15) is 0 Å². The van der Waals surface area contributed by atoms with Crippen molar-refractivity contribution in [3.8, 4) is 33.8 Å². The van der Waals surface area contributed by atoms with Crippen LogP contribution in [0, 0.1) is 0 Å². The highest BCUT2D eigenvalue weighted by molar-refractivity contribution is 5.75. The van der Waals surface area contributed by atoms with Gasteiger partial charge in [0.05, 0.1) is 11.9 Å². The standard InChI is InChI=1S/C28H30N2/c1-19(2)24-12-9-13-25(20(3)4)27(24)22-16-14-21(15-17-22)26-18-29-28(30(26)5)23-10-7-6-8-11-23/h6-20H,1-5H3. The Balaban J connectivity index is 1.75. The highest BCUT2D eigenvalue weighted by Crippen LogP contribution is 2.37. The molecule has 152 valence electrons. The zero-order valence-electron chi connectivity index (χ0n) is 18.6. The van der Waals surface area contributed by atoms with E-state index in [1.54, 1.807) is 0 Å². The average molecular weight is 395 g/mol. The Morgan fingerprint density at radius 2 is 1.20 bits per heavy atom. The van der Waals surface area contributed by atoms with E-state index in [1.165, 1.54) is 27.8 Å². The lowest BCUT2D eigenvalue weighted by molar-refractivity contribution is 0.838. The number of nitrogens with zero attached hydrogens (tertiary/aromatic N) is 2. The van der Waals surface area contributed by atoms with Crippen LogP contribution in [-0.4, -0.2) is 9.55 Å². The van der Waals surface area contributed by atoms with Gasteiger partial charge in [-0.1, -0.05) is 100 Å². The summed E-state index contributed by atoms with van der Waals surface area (Å²) in [6.07, 6.45) is 1.97. The number of benzene rings is 3. The summed E-state index contributed by atoms with van der Waals surface area (Å²) in [7, 11) is 2.09. The summed E-state index contributed by atoms with van der Waals surface area (Å²) >= 11 is 0. The van der Waals surface area contributed by atoms with Gasteiger partial charge < -0.3 is 4.57 Å². The topological polar surface area (TPSA) is 17.8 Å². The maximum atomic E-state index is 4.68. The third-order valence-corrected chi connectivity index (χ3v) is 5.86. The molecule has 0 fully saturated rings. The lowest BCUT2D eigenvalue weighted by atomic mass is 9.85. The lowest BCUT2D eigenvalue weighted by Gasteiger charge is -2.20. The Labute approximate surface area is 180 Å². The average Bonchev–Trinajstić information content (AvgIpc) is 3.15. The molecule has 0 aliphatic rings. The van der Waals surface area contributed by atoms with Gasteiger partial charge in [0, 0.05) is 12.6 Å². The van der Waals surface area contributed by atoms with Gasteiger partial charge in [-0.25, -0.2) is 4.98 Å². The van der Waals surface area contributed by atoms with E-state index >= 15 is 0 Å². The number of hydrogen-bond donors (Lipinski definition) is 0. The van der Waals surface area contributed by atoms with Gasteiger partial charge in [0.25, 0.3) is 0 Å². The smallest absolute Gasteiger partial charge is 0.140 e. The van der Waals surface area contributed by atoms with E-state index in [2.05, 4.69) is 111 Å². The number of hydrogen-bond acceptors (Lipinski definition) is 1. The van der Waals surface area contributed by atoms with Crippen molar-refractivity contribution in [1.82, 2.24) is 9.55 Å². The second-order valence-electron chi connectivity index (χ2n) is 8.59. The van der Waals surface area contributed by atoms with Crippen molar-refractivity contribution in [2.24, 2.45) is 7.05 Å². The fourth-order valence-corrected chi connectivity index (χ4v) is 4.23. The van der Waals surface area contributed by atoms with Crippen LogP contribution in [0.5, 0.6) is 0 Å². The summed E-state index contributed by atoms with van der Waals surface area (Å²) in [6, 6.07) is 26.1. The van der Waals surface area contributed by atoms with Gasteiger partial charge in [-0.05, 0) is 39.7 Å². The summed E-state index contributed by atoms with van der Waals surface area (Å²) in [4.78, 5) is 4.68. The van der Waals surface area contributed by atoms with Gasteiger partial charge in [0.2, 0.25) is 0 Å². The Bertz CT molecular complexity index is 1110. The molecule has 0 bridgehead atoms. The predicted molar refractivity (Wildman–Crippen MR) is 128 cm³/mol. The molecule has 0 N–H and O–H groups in total. The Hall–Kier alpha value is -3.13. The predicted octanol–water partition coefficient (Wildman–Crippen LogP) is 7.67. The van der Waals surface area contributed by atoms with Crippen LogP contribution in [0.2, 0.25) is 0 Å². The minimum Gasteiger partial charge on any atom is -0.327 e. The molecule has 0 saturated carbocycles. The summed E-state index contributed by atoms with van der Waals surface area (Å²) < 4.78 is 2.17. The number of imidazole rings is 1. The lowest BCUT2D eigenvalue weighted by Crippen LogP contribution is -2.00. The molecule has 0 spiro atoms. The van der Waals surface area contributed by atoms with Crippen LogP contribution >= 0.6 is 0 Å². The van der Waals surface area contributed by atoms with E-state index in [4.69, 9.17) is 0 Å². The summed E-state index contributed by atoms with van der Waals surface area (Å²) in [5.41, 5.74) is 8.96. The molecule has 1 heterocycles. The first-order valence-electron chi connectivity index (χ1n) is 10.8. The molecule has 0 saturated heterocycles. The summed E-state index contributed by atoms with van der Waals surface area (Å²) in [6.45, 7) is 9.10. The first-order chi connectivity index (χ1) is 14.5. The third-order valence-electron chi connectivity index (χ3n) is 5.86. The summed E-state index contributed by atoms with van der Waals surface area (Å²) in [5, 5.41) is 0. The maximum Gasteiger partial charge on any atom is 0.140 e. The second kappa shape index (κ2) is 8.31. The van der Waals surface area contributed by atoms with Gasteiger partial charge in [0.1, 0.15) is 5.82 Å². The fraction of sp³-hybridized carbons (Fsp3) is 0.250. The van der Waals surface area contributed by atoms with Crippen LogP contribution < -0.4 is 0 Å². The molecular weight excluding hydrogens is 364 g/mol. The van der Waals surface area contributed by atoms with Crippen molar-refractivity contribution >= 4 is 0 Å². The van der Waals surface area contributed by atoms with Crippen molar-refractivity contribution in [1.29, 1.82) is 0 Å². The first kappa shape index (κ1) is 20.2. The Kier molecular flexibility index (Phi) is 5.59. The van der Waals surface area contributed by atoms with Crippen molar-refractivity contribution < 1.29 is 0 Å². The highest BCUT2D eigenvalue weighted by atomic mass is 15.1. The fourth-order valence-electron chi connectivity index (χ4n) is 4.23. The monoisotopic (exact) mass is 394 g/mol. The SMILES string of the molecule is CC(C)c1cccc(C(C)C)c1-c1ccc(-c2cnc(-c3ccccc3)n2C)cc1. The van der Waals surface area contributed by atoms with Crippen LogP contribution in [0.15, 0.2) is 79.0 Å². The third kappa shape index (κ3) is 3.70. The largest absolute Gasteiger partial charge is 0.327 e. The molecule has 4 rings (SSSR count). The number of aromatic nitrogens is 2. The van der Waals surface area contributed by atoms with Crippen LogP contribution in [0.4, 0.5) is 0 Å². The molecule has 0 unspecified atom stereocenters. The molecule has 0 aliphatic heterocycles. The van der Waals surface area contributed by atoms with Crippen LogP contribution in [0.25, 0.3) is 33.8 Å². The molecule has 0 aliphatic carbocycles. The minimum atomic E-state index is 0.490. The van der Waals surface area contributed by atoms with Crippen molar-refractivity contribution in [2.75, 3.05) is 0 Å². The quantitative estimate of drug-likeness (QED) is 0.339. The first-order valence-corrected chi connectivity index (χ1v) is 10.8. The van der Waals surface area contributed by atoms with Crippen molar-refractivity contribution in [2.45, 2.75) is 39.5 Å². The van der Waals surface area contributed by atoms with Gasteiger partial charge >= 0.3 is 0 Å². The molecule has 0 atom stereocenters. The zero-order chi connectivity index (χ0) is 21.3. The molecule has 4 aromatic rings. The summed E-state index contributed by atoms with van der Waals surface area (Å²) in [5.74, 6) is 1.97. The molecule has 3 aromatic carbocycles. The van der Waals surface area contributed by atoms with E-state index in [0.717, 1.165) is 17.1 Å². The molecule has 0 amide bonds. The van der Waals surface area contributed by atoms with Crippen molar-refractivity contribution in [3.05, 3.63) is 90.1 Å². The Morgan fingerprint density at radius 3 is 1.77 bits per heavy atom. The van der Waals surface area contributed by atoms with Gasteiger partial charge in [-0.3, -0.25) is 0 Å². The second-order valence-corrected chi connectivity index (χ2v) is 8.59. The van der Waals surface area contributed by atoms with E-state index in [0.29, 0.717) is 11.8 Å².